The van der Waals surface area contributed by atoms with Crippen molar-refractivity contribution < 1.29 is 4.39 Å². The number of allylic oxidation sites excluding steroid dienone is 5. The molecule has 0 atom stereocenters. The third-order valence-corrected chi connectivity index (χ3v) is 6.84. The van der Waals surface area contributed by atoms with Crippen LogP contribution in [0.25, 0.3) is 16.7 Å². The lowest BCUT2D eigenvalue weighted by Crippen LogP contribution is -2.36. The van der Waals surface area contributed by atoms with Gasteiger partial charge in [-0.15, -0.1) is 0 Å². The van der Waals surface area contributed by atoms with Crippen molar-refractivity contribution >= 4 is 5.57 Å². The van der Waals surface area contributed by atoms with E-state index in [1.807, 2.05) is 43.6 Å². The van der Waals surface area contributed by atoms with Crippen LogP contribution in [0.15, 0.2) is 116 Å². The maximum absolute atomic E-state index is 13.5. The lowest BCUT2D eigenvalue weighted by atomic mass is 9.94. The van der Waals surface area contributed by atoms with Gasteiger partial charge in [0.15, 0.2) is 0 Å². The normalized spacial score (nSPS) is 13.8. The summed E-state index contributed by atoms with van der Waals surface area (Å²) in [6.45, 7) is 20.1. The highest BCUT2D eigenvalue weighted by atomic mass is 19.1. The van der Waals surface area contributed by atoms with Crippen molar-refractivity contribution in [1.29, 1.82) is 0 Å². The van der Waals surface area contributed by atoms with Crippen molar-refractivity contribution in [2.24, 2.45) is 0 Å². The van der Waals surface area contributed by atoms with Gasteiger partial charge in [-0.1, -0.05) is 61.7 Å². The van der Waals surface area contributed by atoms with Crippen molar-refractivity contribution in [2.75, 3.05) is 13.1 Å². The molecule has 1 saturated heterocycles. The molecule has 1 aliphatic rings. The number of nitrogens with zero attached hydrogens (tertiary/aromatic N) is 2. The summed E-state index contributed by atoms with van der Waals surface area (Å²) in [6.07, 6.45) is 11.6. The largest absolute Gasteiger partial charge is 0.356 e. The molecule has 4 heteroatoms. The third-order valence-electron chi connectivity index (χ3n) is 6.84. The molecule has 4 rings (SSSR count). The van der Waals surface area contributed by atoms with Crippen LogP contribution in [-0.2, 0) is 13.0 Å². The quantitative estimate of drug-likeness (QED) is 0.270. The van der Waals surface area contributed by atoms with Gasteiger partial charge in [-0.05, 0) is 104 Å². The van der Waals surface area contributed by atoms with Gasteiger partial charge in [-0.3, -0.25) is 9.88 Å². The molecule has 0 amide bonds. The molecule has 3 aromatic rings. The molecule has 0 aliphatic carbocycles. The van der Waals surface area contributed by atoms with Crippen LogP contribution in [0, 0.1) is 12.7 Å². The molecule has 2 aromatic carbocycles. The molecule has 0 unspecified atom stereocenters. The zero-order chi connectivity index (χ0) is 27.1. The van der Waals surface area contributed by atoms with Gasteiger partial charge in [0.2, 0.25) is 0 Å². The molecule has 0 spiro atoms. The molecule has 3 nitrogen and oxygen atoms in total. The summed E-state index contributed by atoms with van der Waals surface area (Å²) in [5, 5.41) is 3.38. The average Bonchev–Trinajstić information content (AvgIpc) is 2.88. The molecular formula is C34H36FN3. The van der Waals surface area contributed by atoms with Crippen molar-refractivity contribution in [1.82, 2.24) is 15.2 Å². The van der Waals surface area contributed by atoms with Gasteiger partial charge in [-0.25, -0.2) is 4.39 Å². The Bertz CT molecular complexity index is 1410. The molecule has 1 aromatic heterocycles. The van der Waals surface area contributed by atoms with Crippen molar-refractivity contribution in [3.8, 4) is 11.1 Å². The van der Waals surface area contributed by atoms with Crippen LogP contribution >= 0.6 is 0 Å². The molecule has 0 radical (unpaired) electrons. The number of hydrogen-bond acceptors (Lipinski definition) is 3. The van der Waals surface area contributed by atoms with E-state index in [1.165, 1.54) is 37.2 Å². The Hall–Kier alpha value is -4.02. The summed E-state index contributed by atoms with van der Waals surface area (Å²) in [6, 6.07) is 15.3. The number of hydrogen-bond donors (Lipinski definition) is 1. The van der Waals surface area contributed by atoms with Crippen LogP contribution in [0.3, 0.4) is 0 Å². The minimum Gasteiger partial charge on any atom is -0.356 e. The van der Waals surface area contributed by atoms with Gasteiger partial charge in [0.1, 0.15) is 5.82 Å². The van der Waals surface area contributed by atoms with Crippen LogP contribution in [0.5, 0.6) is 0 Å². The van der Waals surface area contributed by atoms with Crippen LogP contribution in [0.2, 0.25) is 0 Å². The fourth-order valence-electron chi connectivity index (χ4n) is 4.45. The fourth-order valence-corrected chi connectivity index (χ4v) is 4.45. The first-order chi connectivity index (χ1) is 18.3. The zero-order valence-corrected chi connectivity index (χ0v) is 22.4. The molecule has 1 aliphatic heterocycles. The SMILES string of the molecule is C=C(/C=C\C(=C/C)NC(=C)C(=C)c1cc(-c2cncc(CN3CCC3)c2)ccc1C)Cc1cccc(F)c1. The minimum atomic E-state index is -0.236. The van der Waals surface area contributed by atoms with Gasteiger partial charge in [0, 0.05) is 35.9 Å². The summed E-state index contributed by atoms with van der Waals surface area (Å²) in [5.74, 6) is -0.236. The highest BCUT2D eigenvalue weighted by molar-refractivity contribution is 5.81. The summed E-state index contributed by atoms with van der Waals surface area (Å²) in [7, 11) is 0. The predicted octanol–water partition coefficient (Wildman–Crippen LogP) is 7.78. The Labute approximate surface area is 226 Å². The predicted molar refractivity (Wildman–Crippen MR) is 158 cm³/mol. The Morgan fingerprint density at radius 3 is 2.53 bits per heavy atom. The van der Waals surface area contributed by atoms with E-state index in [0.717, 1.165) is 56.9 Å². The van der Waals surface area contributed by atoms with Gasteiger partial charge >= 0.3 is 0 Å². The van der Waals surface area contributed by atoms with E-state index >= 15 is 0 Å². The number of nitrogens with one attached hydrogen (secondary N) is 1. The van der Waals surface area contributed by atoms with E-state index < -0.39 is 0 Å². The number of benzene rings is 2. The van der Waals surface area contributed by atoms with Gasteiger partial charge in [0.05, 0.1) is 0 Å². The van der Waals surface area contributed by atoms with E-state index in [4.69, 9.17) is 0 Å². The highest BCUT2D eigenvalue weighted by Gasteiger charge is 2.15. The number of likely N-dealkylation sites (tertiary alicyclic amines) is 1. The molecule has 1 N–H and O–H groups in total. The monoisotopic (exact) mass is 505 g/mol. The molecule has 2 heterocycles. The van der Waals surface area contributed by atoms with E-state index in [9.17, 15) is 4.39 Å². The summed E-state index contributed by atoms with van der Waals surface area (Å²) < 4.78 is 13.5. The Balaban J connectivity index is 1.43. The molecular weight excluding hydrogens is 469 g/mol. The lowest BCUT2D eigenvalue weighted by Gasteiger charge is -2.30. The maximum Gasteiger partial charge on any atom is 0.123 e. The highest BCUT2D eigenvalue weighted by Crippen LogP contribution is 2.29. The fraction of sp³-hybridized carbons (Fsp3) is 0.206. The molecule has 1 fully saturated rings. The second-order valence-electron chi connectivity index (χ2n) is 9.87. The van der Waals surface area contributed by atoms with E-state index in [2.05, 4.69) is 66.1 Å². The summed E-state index contributed by atoms with van der Waals surface area (Å²) in [5.41, 5.74) is 9.84. The average molecular weight is 506 g/mol. The number of aromatic nitrogens is 1. The first-order valence-electron chi connectivity index (χ1n) is 13.0. The third kappa shape index (κ3) is 7.05. The zero-order valence-electron chi connectivity index (χ0n) is 22.4. The second-order valence-corrected chi connectivity index (χ2v) is 9.87. The molecule has 38 heavy (non-hydrogen) atoms. The maximum atomic E-state index is 13.5. The topological polar surface area (TPSA) is 28.2 Å². The van der Waals surface area contributed by atoms with Crippen LogP contribution in [0.4, 0.5) is 4.39 Å². The van der Waals surface area contributed by atoms with E-state index in [0.29, 0.717) is 6.42 Å². The lowest BCUT2D eigenvalue weighted by molar-refractivity contribution is 0.172. The van der Waals surface area contributed by atoms with Crippen molar-refractivity contribution in [2.45, 2.75) is 33.2 Å². The van der Waals surface area contributed by atoms with E-state index in [1.54, 1.807) is 6.07 Å². The first-order valence-corrected chi connectivity index (χ1v) is 13.0. The van der Waals surface area contributed by atoms with Gasteiger partial charge < -0.3 is 5.32 Å². The first kappa shape index (κ1) is 27.0. The molecule has 0 bridgehead atoms. The number of halogens is 1. The van der Waals surface area contributed by atoms with Crippen LogP contribution < -0.4 is 5.32 Å². The minimum absolute atomic E-state index is 0.236. The smallest absolute Gasteiger partial charge is 0.123 e. The Kier molecular flexibility index (Phi) is 8.88. The molecule has 194 valence electrons. The van der Waals surface area contributed by atoms with Crippen LogP contribution in [0.1, 0.15) is 35.6 Å². The Morgan fingerprint density at radius 1 is 1.00 bits per heavy atom. The van der Waals surface area contributed by atoms with Crippen molar-refractivity contribution in [3.05, 3.63) is 144 Å². The number of rotatable bonds is 11. The summed E-state index contributed by atoms with van der Waals surface area (Å²) in [4.78, 5) is 6.93. The van der Waals surface area contributed by atoms with Crippen molar-refractivity contribution in [3.63, 3.8) is 0 Å². The Morgan fingerprint density at radius 2 is 1.82 bits per heavy atom. The molecule has 0 saturated carbocycles. The van der Waals surface area contributed by atoms with E-state index in [-0.39, 0.29) is 5.82 Å². The second kappa shape index (κ2) is 12.5. The van der Waals surface area contributed by atoms with Gasteiger partial charge in [-0.2, -0.15) is 0 Å². The van der Waals surface area contributed by atoms with Crippen LogP contribution in [-0.4, -0.2) is 23.0 Å². The van der Waals surface area contributed by atoms with Gasteiger partial charge in [0.25, 0.3) is 0 Å². The summed E-state index contributed by atoms with van der Waals surface area (Å²) >= 11 is 0. The number of aryl methyl sites for hydroxylation is 1. The number of pyridine rings is 1. The standard InChI is InChI=1S/C34H36FN3/c1-6-33(14-11-24(2)17-28-9-7-10-32(35)19-28)37-27(5)26(4)34-20-30(13-12-25(34)3)31-18-29(21-36-22-31)23-38-15-8-16-38/h6-7,9-14,18-22,37H,2,4-5,8,15-17,23H2,1,3H3/b14-11-,33-6+.